The number of rotatable bonds is 4. The lowest BCUT2D eigenvalue weighted by molar-refractivity contribution is -0.125. The molecule has 1 amide bonds. The molecule has 0 aliphatic carbocycles. The molecule has 1 aromatic rings. The van der Waals surface area contributed by atoms with Gasteiger partial charge in [0.1, 0.15) is 6.10 Å². The summed E-state index contributed by atoms with van der Waals surface area (Å²) in [6.07, 6.45) is -0.596. The van der Waals surface area contributed by atoms with Gasteiger partial charge in [-0.2, -0.15) is 0 Å². The Balaban J connectivity index is 0.00000256. The normalized spacial score (nSPS) is 11.5. The van der Waals surface area contributed by atoms with Crippen molar-refractivity contribution in [1.82, 2.24) is 0 Å². The van der Waals surface area contributed by atoms with Crippen LogP contribution in [0.3, 0.4) is 0 Å². The van der Waals surface area contributed by atoms with Gasteiger partial charge in [-0.25, -0.2) is 0 Å². The first-order valence-electron chi connectivity index (χ1n) is 5.19. The van der Waals surface area contributed by atoms with Gasteiger partial charge in [-0.1, -0.05) is 6.07 Å². The fourth-order valence-corrected chi connectivity index (χ4v) is 1.35. The van der Waals surface area contributed by atoms with Crippen LogP contribution in [0.4, 0.5) is 5.69 Å². The highest BCUT2D eigenvalue weighted by atomic mass is 35.5. The molecule has 1 aromatic carbocycles. The van der Waals surface area contributed by atoms with Crippen LogP contribution in [0.2, 0.25) is 0 Å². The first-order valence-corrected chi connectivity index (χ1v) is 5.19. The van der Waals surface area contributed by atoms with Gasteiger partial charge in [-0.3, -0.25) is 4.79 Å². The number of anilines is 1. The number of amides is 1. The van der Waals surface area contributed by atoms with Crippen LogP contribution >= 0.6 is 12.4 Å². The van der Waals surface area contributed by atoms with E-state index in [4.69, 9.17) is 10.5 Å². The van der Waals surface area contributed by atoms with Crippen molar-refractivity contribution in [2.24, 2.45) is 5.73 Å². The summed E-state index contributed by atoms with van der Waals surface area (Å²) in [6.45, 7) is 4.20. The second kappa shape index (κ2) is 7.27. The summed E-state index contributed by atoms with van der Waals surface area (Å²) < 4.78 is 4.95. The van der Waals surface area contributed by atoms with E-state index in [0.29, 0.717) is 0 Å². The third kappa shape index (κ3) is 4.34. The van der Waals surface area contributed by atoms with Gasteiger partial charge in [0, 0.05) is 19.3 Å². The van der Waals surface area contributed by atoms with Gasteiger partial charge in [-0.15, -0.1) is 12.4 Å². The Morgan fingerprint density at radius 1 is 1.41 bits per heavy atom. The van der Waals surface area contributed by atoms with E-state index in [-0.39, 0.29) is 24.9 Å². The number of methoxy groups -OCH3 is 1. The Morgan fingerprint density at radius 3 is 2.53 bits per heavy atom. The van der Waals surface area contributed by atoms with E-state index < -0.39 is 6.10 Å². The molecule has 96 valence electrons. The van der Waals surface area contributed by atoms with E-state index >= 15 is 0 Å². The lowest BCUT2D eigenvalue weighted by atomic mass is 10.1. The second-order valence-electron chi connectivity index (χ2n) is 3.75. The third-order valence-corrected chi connectivity index (χ3v) is 2.57. The molecule has 0 aliphatic rings. The van der Waals surface area contributed by atoms with Crippen molar-refractivity contribution in [3.05, 3.63) is 29.3 Å². The van der Waals surface area contributed by atoms with Crippen molar-refractivity contribution >= 4 is 24.0 Å². The SMILES string of the molecule is COC(CN)C(=O)Nc1ccc(C)c(C)c1.Cl. The predicted molar refractivity (Wildman–Crippen MR) is 71.6 cm³/mol. The minimum absolute atomic E-state index is 0. The molecule has 0 saturated carbocycles. The van der Waals surface area contributed by atoms with Crippen LogP contribution in [0, 0.1) is 13.8 Å². The van der Waals surface area contributed by atoms with Gasteiger partial charge in [0.05, 0.1) is 0 Å². The molecule has 17 heavy (non-hydrogen) atoms. The zero-order valence-electron chi connectivity index (χ0n) is 10.3. The van der Waals surface area contributed by atoms with Crippen LogP contribution in [0.5, 0.6) is 0 Å². The van der Waals surface area contributed by atoms with E-state index in [1.54, 1.807) is 0 Å². The number of carbonyl (C=O) groups excluding carboxylic acids is 1. The van der Waals surface area contributed by atoms with E-state index in [1.807, 2.05) is 32.0 Å². The highest BCUT2D eigenvalue weighted by molar-refractivity contribution is 5.94. The fraction of sp³-hybridized carbons (Fsp3) is 0.417. The molecule has 5 heteroatoms. The Bertz CT molecular complexity index is 379. The maximum absolute atomic E-state index is 11.7. The fourth-order valence-electron chi connectivity index (χ4n) is 1.35. The van der Waals surface area contributed by atoms with Gasteiger partial charge in [0.25, 0.3) is 5.91 Å². The Kier molecular flexibility index (Phi) is 6.80. The summed E-state index contributed by atoms with van der Waals surface area (Å²) in [5.74, 6) is -0.215. The predicted octanol–water partition coefficient (Wildman–Crippen LogP) is 1.64. The van der Waals surface area contributed by atoms with Crippen LogP contribution in [-0.4, -0.2) is 25.7 Å². The lowest BCUT2D eigenvalue weighted by Gasteiger charge is -2.13. The monoisotopic (exact) mass is 258 g/mol. The maximum atomic E-state index is 11.7. The van der Waals surface area contributed by atoms with Crippen molar-refractivity contribution in [2.45, 2.75) is 20.0 Å². The van der Waals surface area contributed by atoms with Crippen molar-refractivity contribution in [1.29, 1.82) is 0 Å². The van der Waals surface area contributed by atoms with Gasteiger partial charge in [-0.05, 0) is 37.1 Å². The van der Waals surface area contributed by atoms with Crippen LogP contribution in [0.1, 0.15) is 11.1 Å². The maximum Gasteiger partial charge on any atom is 0.254 e. The van der Waals surface area contributed by atoms with E-state index in [9.17, 15) is 4.79 Å². The largest absolute Gasteiger partial charge is 0.370 e. The van der Waals surface area contributed by atoms with Crippen molar-refractivity contribution in [3.8, 4) is 0 Å². The van der Waals surface area contributed by atoms with Gasteiger partial charge in [0.15, 0.2) is 0 Å². The van der Waals surface area contributed by atoms with Crippen molar-refractivity contribution in [3.63, 3.8) is 0 Å². The van der Waals surface area contributed by atoms with E-state index in [1.165, 1.54) is 12.7 Å². The molecule has 0 fully saturated rings. The van der Waals surface area contributed by atoms with E-state index in [2.05, 4.69) is 5.32 Å². The van der Waals surface area contributed by atoms with Crippen LogP contribution in [-0.2, 0) is 9.53 Å². The van der Waals surface area contributed by atoms with Crippen molar-refractivity contribution < 1.29 is 9.53 Å². The average molecular weight is 259 g/mol. The molecule has 3 N–H and O–H groups in total. The standard InChI is InChI=1S/C12H18N2O2.ClH/c1-8-4-5-10(6-9(8)2)14-12(15)11(7-13)16-3;/h4-6,11H,7,13H2,1-3H3,(H,14,15);1H. The summed E-state index contributed by atoms with van der Waals surface area (Å²) in [5.41, 5.74) is 8.51. The molecule has 0 saturated heterocycles. The minimum atomic E-state index is -0.596. The highest BCUT2D eigenvalue weighted by Crippen LogP contribution is 2.14. The summed E-state index contributed by atoms with van der Waals surface area (Å²) in [6, 6.07) is 5.76. The second-order valence-corrected chi connectivity index (χ2v) is 3.75. The van der Waals surface area contributed by atoms with Crippen LogP contribution in [0.15, 0.2) is 18.2 Å². The molecule has 0 aliphatic heterocycles. The zero-order valence-corrected chi connectivity index (χ0v) is 11.1. The molecule has 0 spiro atoms. The van der Waals surface area contributed by atoms with Crippen LogP contribution in [0.25, 0.3) is 0 Å². The quantitative estimate of drug-likeness (QED) is 0.863. The summed E-state index contributed by atoms with van der Waals surface area (Å²) >= 11 is 0. The molecule has 0 heterocycles. The summed E-state index contributed by atoms with van der Waals surface area (Å²) in [7, 11) is 1.47. The van der Waals surface area contributed by atoms with Gasteiger partial charge < -0.3 is 15.8 Å². The summed E-state index contributed by atoms with van der Waals surface area (Å²) in [4.78, 5) is 11.7. The number of ether oxygens (including phenoxy) is 1. The van der Waals surface area contributed by atoms with Crippen molar-refractivity contribution in [2.75, 3.05) is 19.0 Å². The molecule has 0 aromatic heterocycles. The first kappa shape index (κ1) is 15.9. The Morgan fingerprint density at radius 2 is 2.06 bits per heavy atom. The highest BCUT2D eigenvalue weighted by Gasteiger charge is 2.15. The molecule has 0 bridgehead atoms. The van der Waals surface area contributed by atoms with Crippen LogP contribution < -0.4 is 11.1 Å². The van der Waals surface area contributed by atoms with E-state index in [0.717, 1.165) is 11.3 Å². The zero-order chi connectivity index (χ0) is 12.1. The lowest BCUT2D eigenvalue weighted by Crippen LogP contribution is -2.35. The molecule has 4 nitrogen and oxygen atoms in total. The number of nitrogens with two attached hydrogens (primary N) is 1. The Labute approximate surface area is 108 Å². The minimum Gasteiger partial charge on any atom is -0.370 e. The number of aryl methyl sites for hydroxylation is 2. The molecule has 1 rings (SSSR count). The number of carbonyl (C=O) groups is 1. The van der Waals surface area contributed by atoms with Gasteiger partial charge in [0.2, 0.25) is 0 Å². The first-order chi connectivity index (χ1) is 7.58. The Hall–Kier alpha value is -1.10. The number of hydrogen-bond acceptors (Lipinski definition) is 3. The number of benzene rings is 1. The smallest absolute Gasteiger partial charge is 0.254 e. The van der Waals surface area contributed by atoms with Gasteiger partial charge >= 0.3 is 0 Å². The molecular weight excluding hydrogens is 240 g/mol. The molecule has 0 radical (unpaired) electrons. The average Bonchev–Trinajstić information content (AvgIpc) is 2.25. The number of halogens is 1. The topological polar surface area (TPSA) is 64.3 Å². The molecule has 1 atom stereocenters. The number of hydrogen-bond donors (Lipinski definition) is 2. The number of nitrogens with one attached hydrogen (secondary N) is 1. The molecule has 1 unspecified atom stereocenters. The molecular formula is C12H19ClN2O2. The third-order valence-electron chi connectivity index (χ3n) is 2.57. The summed E-state index contributed by atoms with van der Waals surface area (Å²) in [5, 5.41) is 2.77.